The monoisotopic (exact) mass is 300 g/mol. The van der Waals surface area contributed by atoms with Crippen LogP contribution in [0.2, 0.25) is 0 Å². The number of carbonyl (C=O) groups excluding carboxylic acids is 1. The third-order valence-electron chi connectivity index (χ3n) is 2.90. The molecule has 116 valence electrons. The Hall–Kier alpha value is -2.19. The number of hydrogen-bond acceptors (Lipinski definition) is 5. The lowest BCUT2D eigenvalue weighted by Gasteiger charge is -2.20. The summed E-state index contributed by atoms with van der Waals surface area (Å²) in [6.45, 7) is 1.40. The molecular weight excluding hydrogens is 283 g/mol. The van der Waals surface area contributed by atoms with Crippen molar-refractivity contribution in [2.24, 2.45) is 0 Å². The van der Waals surface area contributed by atoms with Gasteiger partial charge in [0.15, 0.2) is 0 Å². The van der Waals surface area contributed by atoms with E-state index >= 15 is 0 Å². The number of hydrogen-bond donors (Lipinski definition) is 5. The Kier molecular flexibility index (Phi) is 5.62. The molecule has 0 aliphatic heterocycles. The molecule has 6 N–H and O–H groups in total. The molecule has 0 bridgehead atoms. The summed E-state index contributed by atoms with van der Waals surface area (Å²) in [7, 11) is 0. The summed E-state index contributed by atoms with van der Waals surface area (Å²) in [6.07, 6.45) is -2.89. The number of carboxylic acids is 1. The number of amides is 1. The fourth-order valence-corrected chi connectivity index (χ4v) is 1.82. The number of carboxylic acid groups (broad SMARTS) is 1. The van der Waals surface area contributed by atoms with Gasteiger partial charge in [0.05, 0.1) is 17.4 Å². The van der Waals surface area contributed by atoms with Crippen LogP contribution in [0.1, 0.15) is 35.4 Å². The normalized spacial score (nSPS) is 13.5. The van der Waals surface area contributed by atoms with Crippen molar-refractivity contribution < 1.29 is 29.3 Å². The zero-order valence-corrected chi connectivity index (χ0v) is 11.3. The van der Waals surface area contributed by atoms with Gasteiger partial charge in [-0.05, 0) is 18.6 Å². The van der Waals surface area contributed by atoms with E-state index < -0.39 is 29.6 Å². The fourth-order valence-electron chi connectivity index (χ4n) is 1.82. The van der Waals surface area contributed by atoms with Crippen LogP contribution < -0.4 is 11.1 Å². The summed E-state index contributed by atoms with van der Waals surface area (Å²) in [5.41, 5.74) is 4.58. The second kappa shape index (κ2) is 7.00. The largest absolute Gasteiger partial charge is 0.478 e. The van der Waals surface area contributed by atoms with Crippen LogP contribution in [0.25, 0.3) is 0 Å². The zero-order chi connectivity index (χ0) is 16.2. The highest BCUT2D eigenvalue weighted by Crippen LogP contribution is 2.28. The van der Waals surface area contributed by atoms with Gasteiger partial charge in [-0.15, -0.1) is 0 Å². The lowest BCUT2D eigenvalue weighted by molar-refractivity contribution is -0.119. The number of halogens is 1. The van der Waals surface area contributed by atoms with Gasteiger partial charge >= 0.3 is 5.97 Å². The summed E-state index contributed by atoms with van der Waals surface area (Å²) in [5.74, 6) is -2.62. The first-order chi connectivity index (χ1) is 9.73. The molecule has 0 radical (unpaired) electrons. The van der Waals surface area contributed by atoms with E-state index in [1.165, 1.54) is 6.92 Å². The number of nitrogen functional groups attached to an aromatic ring is 1. The topological polar surface area (TPSA) is 133 Å². The van der Waals surface area contributed by atoms with E-state index in [1.54, 1.807) is 0 Å². The Balaban J connectivity index is 2.93. The number of anilines is 1. The predicted octanol–water partition coefficient (Wildman–Crippen LogP) is 0.0266. The lowest BCUT2D eigenvalue weighted by Crippen LogP contribution is -2.28. The minimum atomic E-state index is -1.56. The van der Waals surface area contributed by atoms with Gasteiger partial charge in [0.2, 0.25) is 5.91 Å². The van der Waals surface area contributed by atoms with Gasteiger partial charge in [-0.2, -0.15) is 0 Å². The van der Waals surface area contributed by atoms with Gasteiger partial charge in [0.25, 0.3) is 0 Å². The number of benzene rings is 1. The third-order valence-corrected chi connectivity index (χ3v) is 2.90. The zero-order valence-electron chi connectivity index (χ0n) is 11.3. The maximum Gasteiger partial charge on any atom is 0.337 e. The van der Waals surface area contributed by atoms with E-state index in [1.807, 2.05) is 0 Å². The minimum Gasteiger partial charge on any atom is -0.478 e. The molecule has 0 heterocycles. The number of carbonyl (C=O) groups is 2. The molecule has 0 saturated carbocycles. The number of aliphatic hydroxyl groups excluding tert-OH is 2. The molecule has 1 aromatic rings. The molecule has 7 nitrogen and oxygen atoms in total. The molecule has 0 aliphatic carbocycles. The van der Waals surface area contributed by atoms with E-state index in [0.717, 1.165) is 12.1 Å². The standard InChI is InChI=1S/C13H17FN2O5/c1-6(17)16-3-2-10(18)12(19)8-4-7(14)5-9(11(8)15)13(20)21/h4-5,10,12,18-19H,2-3,15H2,1H3,(H,16,17)(H,20,21). The Morgan fingerprint density at radius 3 is 2.52 bits per heavy atom. The minimum absolute atomic E-state index is 0.000888. The average Bonchev–Trinajstić information content (AvgIpc) is 2.39. The van der Waals surface area contributed by atoms with Gasteiger partial charge in [0.1, 0.15) is 11.9 Å². The lowest BCUT2D eigenvalue weighted by atomic mass is 9.97. The Labute approximate surface area is 120 Å². The molecular formula is C13H17FN2O5. The summed E-state index contributed by atoms with van der Waals surface area (Å²) < 4.78 is 13.4. The van der Waals surface area contributed by atoms with Gasteiger partial charge in [0, 0.05) is 19.0 Å². The number of aromatic carboxylic acids is 1. The molecule has 0 fully saturated rings. The number of nitrogens with two attached hydrogens (primary N) is 1. The molecule has 1 amide bonds. The summed E-state index contributed by atoms with van der Waals surface area (Å²) in [4.78, 5) is 21.6. The van der Waals surface area contributed by atoms with Crippen LogP contribution >= 0.6 is 0 Å². The molecule has 0 aromatic heterocycles. The van der Waals surface area contributed by atoms with Gasteiger partial charge < -0.3 is 26.4 Å². The van der Waals surface area contributed by atoms with E-state index in [0.29, 0.717) is 0 Å². The molecule has 0 saturated heterocycles. The second-order valence-electron chi connectivity index (χ2n) is 4.55. The van der Waals surface area contributed by atoms with Crippen LogP contribution in [0.15, 0.2) is 12.1 Å². The maximum atomic E-state index is 13.4. The van der Waals surface area contributed by atoms with Crippen molar-refractivity contribution in [2.45, 2.75) is 25.6 Å². The van der Waals surface area contributed by atoms with Gasteiger partial charge in [-0.1, -0.05) is 0 Å². The van der Waals surface area contributed by atoms with E-state index in [4.69, 9.17) is 10.8 Å². The molecule has 0 spiro atoms. The highest BCUT2D eigenvalue weighted by atomic mass is 19.1. The summed E-state index contributed by atoms with van der Waals surface area (Å²) in [6, 6.07) is 1.60. The molecule has 0 aliphatic rings. The second-order valence-corrected chi connectivity index (χ2v) is 4.55. The molecule has 1 aromatic carbocycles. The Morgan fingerprint density at radius 2 is 2.00 bits per heavy atom. The molecule has 21 heavy (non-hydrogen) atoms. The van der Waals surface area contributed by atoms with E-state index in [-0.39, 0.29) is 30.1 Å². The van der Waals surface area contributed by atoms with Crippen molar-refractivity contribution >= 4 is 17.6 Å². The Bertz CT molecular complexity index is 550. The van der Waals surface area contributed by atoms with Crippen molar-refractivity contribution in [2.75, 3.05) is 12.3 Å². The number of nitrogens with one attached hydrogen (secondary N) is 1. The number of aliphatic hydroxyl groups is 2. The molecule has 2 unspecified atom stereocenters. The predicted molar refractivity (Wildman–Crippen MR) is 72.0 cm³/mol. The fraction of sp³-hybridized carbons (Fsp3) is 0.385. The van der Waals surface area contributed by atoms with Crippen LogP contribution in [0.5, 0.6) is 0 Å². The van der Waals surface area contributed by atoms with Crippen LogP contribution in [-0.2, 0) is 4.79 Å². The van der Waals surface area contributed by atoms with Crippen molar-refractivity contribution in [3.05, 3.63) is 29.1 Å². The highest BCUT2D eigenvalue weighted by molar-refractivity contribution is 5.94. The first kappa shape index (κ1) is 16.9. The number of rotatable bonds is 6. The van der Waals surface area contributed by atoms with Crippen molar-refractivity contribution in [1.29, 1.82) is 0 Å². The Morgan fingerprint density at radius 1 is 1.38 bits per heavy atom. The maximum absolute atomic E-state index is 13.4. The van der Waals surface area contributed by atoms with E-state index in [2.05, 4.69) is 5.32 Å². The quantitative estimate of drug-likeness (QED) is 0.471. The van der Waals surface area contributed by atoms with Crippen LogP contribution in [0.3, 0.4) is 0 Å². The van der Waals surface area contributed by atoms with Crippen LogP contribution in [-0.4, -0.2) is 39.8 Å². The van der Waals surface area contributed by atoms with E-state index in [9.17, 15) is 24.2 Å². The summed E-state index contributed by atoms with van der Waals surface area (Å²) >= 11 is 0. The molecule has 1 rings (SSSR count). The van der Waals surface area contributed by atoms with Gasteiger partial charge in [-0.25, -0.2) is 9.18 Å². The first-order valence-electron chi connectivity index (χ1n) is 6.16. The van der Waals surface area contributed by atoms with Crippen LogP contribution in [0.4, 0.5) is 10.1 Å². The summed E-state index contributed by atoms with van der Waals surface area (Å²) in [5, 5.41) is 31.1. The molecule has 2 atom stereocenters. The average molecular weight is 300 g/mol. The molecule has 8 heteroatoms. The van der Waals surface area contributed by atoms with Crippen molar-refractivity contribution in [3.8, 4) is 0 Å². The SMILES string of the molecule is CC(=O)NCCC(O)C(O)c1cc(F)cc(C(=O)O)c1N. The third kappa shape index (κ3) is 4.40. The van der Waals surface area contributed by atoms with Crippen molar-refractivity contribution in [1.82, 2.24) is 5.32 Å². The van der Waals surface area contributed by atoms with Gasteiger partial charge in [-0.3, -0.25) is 4.79 Å². The smallest absolute Gasteiger partial charge is 0.337 e. The first-order valence-corrected chi connectivity index (χ1v) is 6.16. The highest BCUT2D eigenvalue weighted by Gasteiger charge is 2.24. The van der Waals surface area contributed by atoms with Crippen molar-refractivity contribution in [3.63, 3.8) is 0 Å². The van der Waals surface area contributed by atoms with Crippen LogP contribution in [0, 0.1) is 5.82 Å².